The van der Waals surface area contributed by atoms with E-state index in [0.717, 1.165) is 6.26 Å². The monoisotopic (exact) mass is 215 g/mol. The highest BCUT2D eigenvalue weighted by atomic mass is 32.2. The van der Waals surface area contributed by atoms with Gasteiger partial charge in [0, 0.05) is 6.26 Å². The van der Waals surface area contributed by atoms with Crippen LogP contribution in [0.15, 0.2) is 23.1 Å². The van der Waals surface area contributed by atoms with Gasteiger partial charge in [0.15, 0.2) is 9.84 Å². The van der Waals surface area contributed by atoms with E-state index in [1.807, 2.05) is 0 Å². The van der Waals surface area contributed by atoms with Crippen LogP contribution < -0.4 is 5.73 Å². The molecule has 0 aliphatic carbocycles. The summed E-state index contributed by atoms with van der Waals surface area (Å²) in [5.74, 6) is 0. The zero-order valence-corrected chi connectivity index (χ0v) is 8.88. The second kappa shape index (κ2) is 3.59. The number of nitrogens with two attached hydrogens (primary N) is 1. The second-order valence-corrected chi connectivity index (χ2v) is 5.23. The van der Waals surface area contributed by atoms with E-state index in [9.17, 15) is 13.5 Å². The average Bonchev–Trinajstić information content (AvgIpc) is 2.01. The molecule has 4 nitrogen and oxygen atoms in total. The lowest BCUT2D eigenvalue weighted by Gasteiger charge is -2.08. The standard InChI is InChI=1S/C9H13NO3S/c1-6(11)7-3-4-9(8(10)5-7)14(2,12)13/h3-6,11H,10H2,1-2H3/t6-/m1/s1. The Labute approximate surface area is 83.3 Å². The minimum absolute atomic E-state index is 0.0990. The van der Waals surface area contributed by atoms with Crippen LogP contribution in [0.25, 0.3) is 0 Å². The lowest BCUT2D eigenvalue weighted by Crippen LogP contribution is -2.03. The lowest BCUT2D eigenvalue weighted by molar-refractivity contribution is 0.199. The van der Waals surface area contributed by atoms with E-state index in [1.54, 1.807) is 13.0 Å². The summed E-state index contributed by atoms with van der Waals surface area (Å²) in [6.45, 7) is 1.59. The Balaban J connectivity index is 3.28. The van der Waals surface area contributed by atoms with Crippen LogP contribution in [-0.4, -0.2) is 19.8 Å². The molecule has 0 amide bonds. The minimum atomic E-state index is -3.28. The van der Waals surface area contributed by atoms with Crippen LogP contribution >= 0.6 is 0 Å². The molecule has 3 N–H and O–H groups in total. The molecule has 0 unspecified atom stereocenters. The van der Waals surface area contributed by atoms with E-state index < -0.39 is 15.9 Å². The normalized spacial score (nSPS) is 13.9. The van der Waals surface area contributed by atoms with E-state index >= 15 is 0 Å². The van der Waals surface area contributed by atoms with Crippen molar-refractivity contribution in [2.75, 3.05) is 12.0 Å². The summed E-state index contributed by atoms with van der Waals surface area (Å²) in [4.78, 5) is 0.0990. The number of anilines is 1. The zero-order valence-electron chi connectivity index (χ0n) is 8.06. The van der Waals surface area contributed by atoms with Crippen LogP contribution in [0.5, 0.6) is 0 Å². The Hall–Kier alpha value is -1.07. The minimum Gasteiger partial charge on any atom is -0.398 e. The van der Waals surface area contributed by atoms with Gasteiger partial charge in [0.25, 0.3) is 0 Å². The molecule has 0 radical (unpaired) electrons. The first kappa shape index (κ1) is 11.0. The van der Waals surface area contributed by atoms with Crippen molar-refractivity contribution in [1.82, 2.24) is 0 Å². The zero-order chi connectivity index (χ0) is 10.9. The van der Waals surface area contributed by atoms with E-state index in [0.29, 0.717) is 5.56 Å². The molecule has 1 atom stereocenters. The summed E-state index contributed by atoms with van der Waals surface area (Å²) in [5, 5.41) is 9.24. The van der Waals surface area contributed by atoms with Gasteiger partial charge >= 0.3 is 0 Å². The molecular formula is C9H13NO3S. The summed E-state index contributed by atoms with van der Waals surface area (Å²) in [6.07, 6.45) is 0.451. The van der Waals surface area contributed by atoms with E-state index in [1.165, 1.54) is 12.1 Å². The molecule has 0 heterocycles. The van der Waals surface area contributed by atoms with Crippen molar-refractivity contribution in [2.45, 2.75) is 17.9 Å². The van der Waals surface area contributed by atoms with Crippen LogP contribution in [0, 0.1) is 0 Å². The number of nitrogen functional groups attached to an aromatic ring is 1. The topological polar surface area (TPSA) is 80.4 Å². The van der Waals surface area contributed by atoms with Gasteiger partial charge in [-0.25, -0.2) is 8.42 Å². The number of aliphatic hydroxyl groups is 1. The van der Waals surface area contributed by atoms with Gasteiger partial charge in [0.2, 0.25) is 0 Å². The first-order chi connectivity index (χ1) is 6.32. The lowest BCUT2D eigenvalue weighted by atomic mass is 10.1. The number of benzene rings is 1. The van der Waals surface area contributed by atoms with E-state index in [-0.39, 0.29) is 10.6 Å². The third kappa shape index (κ3) is 2.24. The molecule has 0 saturated carbocycles. The van der Waals surface area contributed by atoms with Gasteiger partial charge in [-0.15, -0.1) is 0 Å². The van der Waals surface area contributed by atoms with Crippen molar-refractivity contribution < 1.29 is 13.5 Å². The third-order valence-electron chi connectivity index (χ3n) is 1.92. The molecule has 5 heteroatoms. The molecule has 0 aliphatic rings. The van der Waals surface area contributed by atoms with Gasteiger partial charge < -0.3 is 10.8 Å². The fourth-order valence-corrected chi connectivity index (χ4v) is 1.97. The highest BCUT2D eigenvalue weighted by molar-refractivity contribution is 7.90. The quantitative estimate of drug-likeness (QED) is 0.712. The van der Waals surface area contributed by atoms with Crippen LogP contribution in [0.4, 0.5) is 5.69 Å². The summed E-state index contributed by atoms with van der Waals surface area (Å²) in [7, 11) is -3.28. The second-order valence-electron chi connectivity index (χ2n) is 3.25. The predicted octanol–water partition coefficient (Wildman–Crippen LogP) is 0.726. The van der Waals surface area contributed by atoms with Gasteiger partial charge in [-0.2, -0.15) is 0 Å². The predicted molar refractivity (Wildman–Crippen MR) is 54.6 cm³/mol. The van der Waals surface area contributed by atoms with Gasteiger partial charge in [-0.1, -0.05) is 6.07 Å². The number of hydrogen-bond donors (Lipinski definition) is 2. The highest BCUT2D eigenvalue weighted by Gasteiger charge is 2.12. The van der Waals surface area contributed by atoms with Crippen molar-refractivity contribution in [1.29, 1.82) is 0 Å². The Morgan fingerprint density at radius 3 is 2.36 bits per heavy atom. The molecule has 0 aliphatic heterocycles. The van der Waals surface area contributed by atoms with Gasteiger partial charge in [-0.05, 0) is 24.6 Å². The maximum atomic E-state index is 11.2. The fourth-order valence-electron chi connectivity index (χ4n) is 1.16. The molecule has 0 bridgehead atoms. The summed E-state index contributed by atoms with van der Waals surface area (Å²) < 4.78 is 22.4. The maximum absolute atomic E-state index is 11.2. The Kier molecular flexibility index (Phi) is 2.82. The van der Waals surface area contributed by atoms with Gasteiger partial charge in [0.1, 0.15) is 0 Å². The van der Waals surface area contributed by atoms with Crippen LogP contribution in [0.3, 0.4) is 0 Å². The molecule has 14 heavy (non-hydrogen) atoms. The summed E-state index contributed by atoms with van der Waals surface area (Å²) in [5.41, 5.74) is 6.33. The molecule has 0 spiro atoms. The van der Waals surface area contributed by atoms with Crippen molar-refractivity contribution in [2.24, 2.45) is 0 Å². The van der Waals surface area contributed by atoms with Gasteiger partial charge in [-0.3, -0.25) is 0 Å². The largest absolute Gasteiger partial charge is 0.398 e. The molecule has 0 aromatic heterocycles. The molecule has 0 saturated heterocycles. The fraction of sp³-hybridized carbons (Fsp3) is 0.333. The van der Waals surface area contributed by atoms with Crippen molar-refractivity contribution >= 4 is 15.5 Å². The number of hydrogen-bond acceptors (Lipinski definition) is 4. The number of rotatable bonds is 2. The number of aliphatic hydroxyl groups excluding tert-OH is 1. The maximum Gasteiger partial charge on any atom is 0.177 e. The van der Waals surface area contributed by atoms with Crippen molar-refractivity contribution in [3.05, 3.63) is 23.8 Å². The molecular weight excluding hydrogens is 202 g/mol. The molecule has 1 aromatic rings. The Bertz CT molecular complexity index is 437. The molecule has 0 fully saturated rings. The van der Waals surface area contributed by atoms with Crippen LogP contribution in [-0.2, 0) is 9.84 Å². The van der Waals surface area contributed by atoms with Gasteiger partial charge in [0.05, 0.1) is 16.7 Å². The summed E-state index contributed by atoms with van der Waals surface area (Å²) in [6, 6.07) is 4.44. The average molecular weight is 215 g/mol. The highest BCUT2D eigenvalue weighted by Crippen LogP contribution is 2.22. The summed E-state index contributed by atoms with van der Waals surface area (Å²) >= 11 is 0. The molecule has 1 aromatic carbocycles. The van der Waals surface area contributed by atoms with Crippen LogP contribution in [0.1, 0.15) is 18.6 Å². The van der Waals surface area contributed by atoms with Crippen molar-refractivity contribution in [3.63, 3.8) is 0 Å². The first-order valence-electron chi connectivity index (χ1n) is 4.10. The number of sulfone groups is 1. The smallest absolute Gasteiger partial charge is 0.177 e. The Morgan fingerprint density at radius 2 is 2.00 bits per heavy atom. The van der Waals surface area contributed by atoms with Crippen molar-refractivity contribution in [3.8, 4) is 0 Å². The van der Waals surface area contributed by atoms with E-state index in [4.69, 9.17) is 5.73 Å². The van der Waals surface area contributed by atoms with Crippen LogP contribution in [0.2, 0.25) is 0 Å². The molecule has 1 rings (SSSR count). The Morgan fingerprint density at radius 1 is 1.43 bits per heavy atom. The third-order valence-corrected chi connectivity index (χ3v) is 3.09. The first-order valence-corrected chi connectivity index (χ1v) is 5.99. The molecule has 78 valence electrons. The van der Waals surface area contributed by atoms with E-state index in [2.05, 4.69) is 0 Å². The SMILES string of the molecule is C[C@@H](O)c1ccc(S(C)(=O)=O)c(N)c1.